The summed E-state index contributed by atoms with van der Waals surface area (Å²) >= 11 is 1.47. The molecule has 0 aliphatic heterocycles. The Kier molecular flexibility index (Phi) is 3.00. The van der Waals surface area contributed by atoms with Gasteiger partial charge in [0.2, 0.25) is 0 Å². The van der Waals surface area contributed by atoms with Gasteiger partial charge in [-0.1, -0.05) is 11.8 Å². The Labute approximate surface area is 74.4 Å². The van der Waals surface area contributed by atoms with Crippen LogP contribution in [0.3, 0.4) is 0 Å². The monoisotopic (exact) mass is 183 g/mol. The Morgan fingerprint density at radius 1 is 1.83 bits per heavy atom. The zero-order valence-corrected chi connectivity index (χ0v) is 7.52. The van der Waals surface area contributed by atoms with E-state index in [-0.39, 0.29) is 5.69 Å². The van der Waals surface area contributed by atoms with Crippen LogP contribution < -0.4 is 5.69 Å². The maximum absolute atomic E-state index is 10.9. The predicted molar refractivity (Wildman–Crippen MR) is 48.0 cm³/mol. The number of rotatable bonds is 3. The van der Waals surface area contributed by atoms with E-state index in [1.165, 1.54) is 16.3 Å². The van der Waals surface area contributed by atoms with Gasteiger partial charge in [-0.15, -0.1) is 17.4 Å². The molecule has 0 saturated carbocycles. The summed E-state index contributed by atoms with van der Waals surface area (Å²) in [6, 6.07) is 0. The Hall–Kier alpha value is -1.15. The second-order valence-electron chi connectivity index (χ2n) is 2.17. The molecule has 1 aromatic rings. The number of aromatic nitrogens is 3. The molecule has 0 unspecified atom stereocenters. The highest BCUT2D eigenvalue weighted by molar-refractivity contribution is 7.99. The Balaban J connectivity index is 2.59. The molecule has 12 heavy (non-hydrogen) atoms. The summed E-state index contributed by atoms with van der Waals surface area (Å²) < 4.78 is 1.46. The highest BCUT2D eigenvalue weighted by Gasteiger charge is 2.02. The predicted octanol–water partition coefficient (Wildman–Crippen LogP) is 0.224. The Bertz CT molecular complexity index is 346. The highest BCUT2D eigenvalue weighted by Crippen LogP contribution is 2.11. The molecule has 0 atom stereocenters. The number of thioether (sulfide) groups is 1. The lowest BCUT2D eigenvalue weighted by Gasteiger charge is -1.94. The molecule has 0 saturated heterocycles. The number of nitrogens with one attached hydrogen (secondary N) is 1. The molecule has 1 rings (SSSR count). The van der Waals surface area contributed by atoms with Crippen molar-refractivity contribution >= 4 is 11.8 Å². The molecule has 0 amide bonds. The van der Waals surface area contributed by atoms with E-state index >= 15 is 0 Å². The van der Waals surface area contributed by atoms with Crippen LogP contribution in [-0.2, 0) is 7.05 Å². The van der Waals surface area contributed by atoms with E-state index < -0.39 is 0 Å². The number of H-pyrrole nitrogens is 1. The third-order valence-electron chi connectivity index (χ3n) is 1.32. The molecule has 0 radical (unpaired) electrons. The lowest BCUT2D eigenvalue weighted by molar-refractivity contribution is 0.766. The second-order valence-corrected chi connectivity index (χ2v) is 3.24. The lowest BCUT2D eigenvalue weighted by atomic mass is 10.5. The minimum absolute atomic E-state index is 0.196. The quantitative estimate of drug-likeness (QED) is 0.414. The van der Waals surface area contributed by atoms with Crippen LogP contribution in [0.5, 0.6) is 0 Å². The van der Waals surface area contributed by atoms with Crippen LogP contribution in [0.4, 0.5) is 0 Å². The van der Waals surface area contributed by atoms with E-state index in [1.54, 1.807) is 7.05 Å². The molecule has 0 bridgehead atoms. The van der Waals surface area contributed by atoms with Gasteiger partial charge in [0.25, 0.3) is 0 Å². The summed E-state index contributed by atoms with van der Waals surface area (Å²) in [5.74, 6) is 3.30. The Morgan fingerprint density at radius 3 is 3.08 bits per heavy atom. The van der Waals surface area contributed by atoms with Crippen LogP contribution in [0.25, 0.3) is 0 Å². The topological polar surface area (TPSA) is 50.7 Å². The normalized spacial score (nSPS) is 9.67. The van der Waals surface area contributed by atoms with Gasteiger partial charge in [-0.2, -0.15) is 0 Å². The van der Waals surface area contributed by atoms with Crippen LogP contribution in [0, 0.1) is 12.3 Å². The minimum atomic E-state index is -0.196. The molecule has 0 aliphatic rings. The molecule has 1 heterocycles. The zero-order valence-electron chi connectivity index (χ0n) is 6.70. The van der Waals surface area contributed by atoms with Gasteiger partial charge in [0.1, 0.15) is 0 Å². The van der Waals surface area contributed by atoms with E-state index in [2.05, 4.69) is 16.1 Å². The van der Waals surface area contributed by atoms with Crippen molar-refractivity contribution in [3.8, 4) is 12.3 Å². The molecular weight excluding hydrogens is 174 g/mol. The average Bonchev–Trinajstić information content (AvgIpc) is 2.36. The number of hydrogen-bond acceptors (Lipinski definition) is 3. The lowest BCUT2D eigenvalue weighted by Crippen LogP contribution is -2.12. The molecule has 5 heteroatoms. The smallest absolute Gasteiger partial charge is 0.273 e. The summed E-state index contributed by atoms with van der Waals surface area (Å²) in [6.07, 6.45) is 5.76. The number of aromatic amines is 1. The SMILES string of the molecule is C#CCCSc1n[nH]c(=O)n1C. The fourth-order valence-electron chi connectivity index (χ4n) is 0.663. The molecule has 0 spiro atoms. The van der Waals surface area contributed by atoms with Crippen molar-refractivity contribution in [3.63, 3.8) is 0 Å². The molecule has 0 fully saturated rings. The minimum Gasteiger partial charge on any atom is -0.273 e. The van der Waals surface area contributed by atoms with E-state index in [0.717, 1.165) is 5.75 Å². The second kappa shape index (κ2) is 4.02. The van der Waals surface area contributed by atoms with Gasteiger partial charge in [-0.05, 0) is 0 Å². The summed E-state index contributed by atoms with van der Waals surface area (Å²) in [5, 5.41) is 6.83. The van der Waals surface area contributed by atoms with Crippen molar-refractivity contribution in [2.45, 2.75) is 11.6 Å². The van der Waals surface area contributed by atoms with Crippen molar-refractivity contribution in [1.29, 1.82) is 0 Å². The summed E-state index contributed by atoms with van der Waals surface area (Å²) in [6.45, 7) is 0. The molecule has 64 valence electrons. The van der Waals surface area contributed by atoms with Gasteiger partial charge in [0, 0.05) is 19.2 Å². The van der Waals surface area contributed by atoms with Gasteiger partial charge in [-0.3, -0.25) is 4.57 Å². The van der Waals surface area contributed by atoms with Crippen molar-refractivity contribution in [2.24, 2.45) is 7.05 Å². The van der Waals surface area contributed by atoms with Gasteiger partial charge >= 0.3 is 5.69 Å². The summed E-state index contributed by atoms with van der Waals surface area (Å²) in [7, 11) is 1.67. The van der Waals surface area contributed by atoms with Crippen molar-refractivity contribution in [3.05, 3.63) is 10.5 Å². The van der Waals surface area contributed by atoms with E-state index in [1.807, 2.05) is 0 Å². The number of hydrogen-bond donors (Lipinski definition) is 1. The Morgan fingerprint density at radius 2 is 2.58 bits per heavy atom. The maximum Gasteiger partial charge on any atom is 0.343 e. The van der Waals surface area contributed by atoms with Gasteiger partial charge in [-0.25, -0.2) is 9.89 Å². The first-order chi connectivity index (χ1) is 5.75. The molecule has 4 nitrogen and oxygen atoms in total. The van der Waals surface area contributed by atoms with Crippen LogP contribution >= 0.6 is 11.8 Å². The fraction of sp³-hybridized carbons (Fsp3) is 0.429. The third-order valence-corrected chi connectivity index (χ3v) is 2.35. The highest BCUT2D eigenvalue weighted by atomic mass is 32.2. The van der Waals surface area contributed by atoms with Gasteiger partial charge in [0.05, 0.1) is 0 Å². The molecular formula is C7H9N3OS. The number of terminal acetylenes is 1. The number of nitrogens with zero attached hydrogens (tertiary/aromatic N) is 2. The molecule has 0 aliphatic carbocycles. The van der Waals surface area contributed by atoms with Gasteiger partial charge in [0.15, 0.2) is 5.16 Å². The van der Waals surface area contributed by atoms with Crippen molar-refractivity contribution in [2.75, 3.05) is 5.75 Å². The standard InChI is InChI=1S/C7H9N3OS/c1-3-4-5-12-7-9-8-6(11)10(7)2/h1H,4-5H2,2H3,(H,8,11). The molecule has 1 N–H and O–H groups in total. The fourth-order valence-corrected chi connectivity index (χ4v) is 1.45. The third kappa shape index (κ3) is 1.92. The first-order valence-corrected chi connectivity index (χ1v) is 4.42. The zero-order chi connectivity index (χ0) is 8.97. The van der Waals surface area contributed by atoms with Crippen molar-refractivity contribution in [1.82, 2.24) is 14.8 Å². The molecule has 1 aromatic heterocycles. The van der Waals surface area contributed by atoms with Crippen LogP contribution in [0.2, 0.25) is 0 Å². The average molecular weight is 183 g/mol. The van der Waals surface area contributed by atoms with Crippen LogP contribution in [0.15, 0.2) is 9.95 Å². The van der Waals surface area contributed by atoms with E-state index in [9.17, 15) is 4.79 Å². The van der Waals surface area contributed by atoms with Gasteiger partial charge < -0.3 is 0 Å². The maximum atomic E-state index is 10.9. The van der Waals surface area contributed by atoms with Crippen LogP contribution in [0.1, 0.15) is 6.42 Å². The van der Waals surface area contributed by atoms with Crippen molar-refractivity contribution < 1.29 is 0 Å². The first kappa shape index (κ1) is 8.94. The van der Waals surface area contributed by atoms with E-state index in [4.69, 9.17) is 6.42 Å². The van der Waals surface area contributed by atoms with E-state index in [0.29, 0.717) is 11.6 Å². The molecule has 0 aromatic carbocycles. The first-order valence-electron chi connectivity index (χ1n) is 3.43. The summed E-state index contributed by atoms with van der Waals surface area (Å²) in [4.78, 5) is 10.9. The largest absolute Gasteiger partial charge is 0.343 e. The van der Waals surface area contributed by atoms with Crippen LogP contribution in [-0.4, -0.2) is 20.5 Å². The summed E-state index contributed by atoms with van der Waals surface area (Å²) in [5.41, 5.74) is -0.196.